The fourth-order valence-corrected chi connectivity index (χ4v) is 3.80. The van der Waals surface area contributed by atoms with E-state index in [1.165, 1.54) is 38.9 Å². The molecule has 1 aromatic rings. The predicted octanol–water partition coefficient (Wildman–Crippen LogP) is 3.40. The topological polar surface area (TPSA) is 73.0 Å². The molecular formula is C21H39IN4O2. The second kappa shape index (κ2) is 12.0. The van der Waals surface area contributed by atoms with Crippen LogP contribution in [0.3, 0.4) is 0 Å². The van der Waals surface area contributed by atoms with Crippen molar-refractivity contribution in [3.05, 3.63) is 23.2 Å². The number of aliphatic imine (C=N–C) groups is 1. The van der Waals surface area contributed by atoms with Gasteiger partial charge in [0.2, 0.25) is 0 Å². The first-order chi connectivity index (χ1) is 12.9. The monoisotopic (exact) mass is 506 g/mol. The maximum Gasteiger partial charge on any atom is 0.191 e. The highest BCUT2D eigenvalue weighted by Gasteiger charge is 2.27. The summed E-state index contributed by atoms with van der Waals surface area (Å²) in [5.74, 6) is 3.02. The smallest absolute Gasteiger partial charge is 0.191 e. The number of nitrogens with zero attached hydrogens (tertiary/aromatic N) is 2. The van der Waals surface area contributed by atoms with E-state index in [-0.39, 0.29) is 30.5 Å². The van der Waals surface area contributed by atoms with Gasteiger partial charge in [-0.15, -0.1) is 24.0 Å². The molecule has 0 saturated carbocycles. The van der Waals surface area contributed by atoms with Gasteiger partial charge in [0.05, 0.1) is 6.54 Å². The number of furan rings is 1. The zero-order chi connectivity index (χ0) is 19.9. The molecule has 3 N–H and O–H groups in total. The van der Waals surface area contributed by atoms with Gasteiger partial charge in [-0.2, -0.15) is 0 Å². The van der Waals surface area contributed by atoms with Crippen molar-refractivity contribution < 1.29 is 9.52 Å². The first-order valence-corrected chi connectivity index (χ1v) is 10.4. The van der Waals surface area contributed by atoms with Gasteiger partial charge in [-0.1, -0.05) is 6.92 Å². The molecule has 0 aromatic carbocycles. The van der Waals surface area contributed by atoms with Crippen LogP contribution in [0, 0.1) is 19.8 Å². The summed E-state index contributed by atoms with van der Waals surface area (Å²) in [4.78, 5) is 7.19. The molecule has 28 heavy (non-hydrogen) atoms. The third-order valence-corrected chi connectivity index (χ3v) is 5.32. The Labute approximate surface area is 187 Å². The van der Waals surface area contributed by atoms with Gasteiger partial charge in [0.15, 0.2) is 5.96 Å². The maximum absolute atomic E-state index is 10.9. The minimum atomic E-state index is -1.05. The molecule has 1 saturated heterocycles. The van der Waals surface area contributed by atoms with E-state index in [0.717, 1.165) is 36.1 Å². The predicted molar refractivity (Wildman–Crippen MR) is 127 cm³/mol. The number of guanidine groups is 1. The van der Waals surface area contributed by atoms with Crippen LogP contribution < -0.4 is 10.6 Å². The second-order valence-electron chi connectivity index (χ2n) is 7.96. The fourth-order valence-electron chi connectivity index (χ4n) is 3.80. The van der Waals surface area contributed by atoms with Crippen molar-refractivity contribution >= 4 is 29.9 Å². The average molecular weight is 506 g/mol. The van der Waals surface area contributed by atoms with Gasteiger partial charge in [0, 0.05) is 18.7 Å². The van der Waals surface area contributed by atoms with Crippen LogP contribution in [-0.4, -0.2) is 55.2 Å². The van der Waals surface area contributed by atoms with Crippen molar-refractivity contribution in [2.75, 3.05) is 39.3 Å². The molecular weight excluding hydrogens is 467 g/mol. The van der Waals surface area contributed by atoms with Crippen LogP contribution in [0.1, 0.15) is 57.1 Å². The van der Waals surface area contributed by atoms with Crippen LogP contribution in [-0.2, 0) is 5.60 Å². The van der Waals surface area contributed by atoms with Gasteiger partial charge < -0.3 is 25.1 Å². The molecule has 1 unspecified atom stereocenters. The van der Waals surface area contributed by atoms with Crippen molar-refractivity contribution in [2.45, 2.75) is 59.5 Å². The standard InChI is InChI=1S/C21H38N4O2.HI/c1-6-10-25-11-8-18(9-12-25)14-23-20(22-7-2)24-15-21(5,26)19-13-16(3)27-17(19)4;/h13,18,26H,6-12,14-15H2,1-5H3,(H2,22,23,24);1H. The van der Waals surface area contributed by atoms with Crippen molar-refractivity contribution in [1.29, 1.82) is 0 Å². The molecule has 2 rings (SSSR count). The van der Waals surface area contributed by atoms with E-state index in [0.29, 0.717) is 5.92 Å². The summed E-state index contributed by atoms with van der Waals surface area (Å²) in [6.45, 7) is 15.5. The zero-order valence-electron chi connectivity index (χ0n) is 18.2. The number of aryl methyl sites for hydroxylation is 2. The van der Waals surface area contributed by atoms with Crippen LogP contribution in [0.25, 0.3) is 0 Å². The highest BCUT2D eigenvalue weighted by Crippen LogP contribution is 2.27. The first kappa shape index (κ1) is 25.2. The number of likely N-dealkylation sites (tertiary alicyclic amines) is 1. The summed E-state index contributed by atoms with van der Waals surface area (Å²) in [6, 6.07) is 1.90. The molecule has 1 aromatic heterocycles. The zero-order valence-corrected chi connectivity index (χ0v) is 20.5. The summed E-state index contributed by atoms with van der Waals surface area (Å²) in [6.07, 6.45) is 3.70. The van der Waals surface area contributed by atoms with Crippen molar-refractivity contribution in [2.24, 2.45) is 10.9 Å². The molecule has 0 bridgehead atoms. The molecule has 1 aliphatic rings. The van der Waals surface area contributed by atoms with Crippen molar-refractivity contribution in [3.63, 3.8) is 0 Å². The van der Waals surface area contributed by atoms with Gasteiger partial charge >= 0.3 is 0 Å². The summed E-state index contributed by atoms with van der Waals surface area (Å²) >= 11 is 0. The molecule has 1 aliphatic heterocycles. The van der Waals surface area contributed by atoms with Gasteiger partial charge in [-0.05, 0) is 78.6 Å². The molecule has 6 nitrogen and oxygen atoms in total. The largest absolute Gasteiger partial charge is 0.466 e. The van der Waals surface area contributed by atoms with E-state index in [1.807, 2.05) is 19.9 Å². The van der Waals surface area contributed by atoms with Gasteiger partial charge in [0.25, 0.3) is 0 Å². The molecule has 0 amide bonds. The highest BCUT2D eigenvalue weighted by molar-refractivity contribution is 14.0. The molecule has 0 radical (unpaired) electrons. The summed E-state index contributed by atoms with van der Waals surface area (Å²) in [5, 5.41) is 17.6. The average Bonchev–Trinajstić information content (AvgIpc) is 2.98. The summed E-state index contributed by atoms with van der Waals surface area (Å²) in [5.41, 5.74) is -0.238. The van der Waals surface area contributed by atoms with Gasteiger partial charge in [-0.3, -0.25) is 0 Å². The SMILES string of the molecule is CCCN1CCC(CNC(=NCC(C)(O)c2cc(C)oc2C)NCC)CC1.I. The van der Waals surface area contributed by atoms with E-state index in [4.69, 9.17) is 4.42 Å². The minimum Gasteiger partial charge on any atom is -0.466 e. The number of piperidine rings is 1. The van der Waals surface area contributed by atoms with E-state index < -0.39 is 5.60 Å². The first-order valence-electron chi connectivity index (χ1n) is 10.4. The number of nitrogens with one attached hydrogen (secondary N) is 2. The van der Waals surface area contributed by atoms with Crippen LogP contribution in [0.4, 0.5) is 0 Å². The summed E-state index contributed by atoms with van der Waals surface area (Å²) in [7, 11) is 0. The molecule has 1 atom stereocenters. The Morgan fingerprint density at radius 3 is 2.50 bits per heavy atom. The number of rotatable bonds is 8. The van der Waals surface area contributed by atoms with Gasteiger partial charge in [0.1, 0.15) is 17.1 Å². The maximum atomic E-state index is 10.9. The van der Waals surface area contributed by atoms with Crippen molar-refractivity contribution in [1.82, 2.24) is 15.5 Å². The lowest BCUT2D eigenvalue weighted by Crippen LogP contribution is -2.43. The van der Waals surface area contributed by atoms with Crippen molar-refractivity contribution in [3.8, 4) is 0 Å². The molecule has 162 valence electrons. The lowest BCUT2D eigenvalue weighted by Gasteiger charge is -2.32. The van der Waals surface area contributed by atoms with Crippen LogP contribution in [0.2, 0.25) is 0 Å². The Balaban J connectivity index is 0.00000392. The molecule has 7 heteroatoms. The lowest BCUT2D eigenvalue weighted by molar-refractivity contribution is 0.0657. The Hall–Kier alpha value is -0.800. The van der Waals surface area contributed by atoms with Crippen LogP contribution in [0.15, 0.2) is 15.5 Å². The summed E-state index contributed by atoms with van der Waals surface area (Å²) < 4.78 is 5.56. The van der Waals surface area contributed by atoms with E-state index >= 15 is 0 Å². The molecule has 2 heterocycles. The van der Waals surface area contributed by atoms with Crippen LogP contribution >= 0.6 is 24.0 Å². The van der Waals surface area contributed by atoms with Crippen LogP contribution in [0.5, 0.6) is 0 Å². The second-order valence-corrected chi connectivity index (χ2v) is 7.96. The van der Waals surface area contributed by atoms with E-state index in [9.17, 15) is 5.11 Å². The Morgan fingerprint density at radius 2 is 1.96 bits per heavy atom. The lowest BCUT2D eigenvalue weighted by atomic mass is 9.96. The molecule has 1 fully saturated rings. The Bertz CT molecular complexity index is 608. The third kappa shape index (κ3) is 7.55. The number of hydrogen-bond donors (Lipinski definition) is 3. The van der Waals surface area contributed by atoms with E-state index in [2.05, 4.69) is 34.4 Å². The fraction of sp³-hybridized carbons (Fsp3) is 0.762. The number of hydrogen-bond acceptors (Lipinski definition) is 4. The minimum absolute atomic E-state index is 0. The molecule has 0 aliphatic carbocycles. The highest BCUT2D eigenvalue weighted by atomic mass is 127. The molecule has 0 spiro atoms. The quantitative estimate of drug-likeness (QED) is 0.287. The van der Waals surface area contributed by atoms with Gasteiger partial charge in [-0.25, -0.2) is 4.99 Å². The third-order valence-electron chi connectivity index (χ3n) is 5.32. The number of aliphatic hydroxyl groups is 1. The Morgan fingerprint density at radius 1 is 1.29 bits per heavy atom. The van der Waals surface area contributed by atoms with E-state index in [1.54, 1.807) is 6.92 Å². The number of halogens is 1. The Kier molecular flexibility index (Phi) is 10.8. The normalized spacial score (nSPS) is 18.4.